The van der Waals surface area contributed by atoms with Gasteiger partial charge in [-0.05, 0) is 26.2 Å². The van der Waals surface area contributed by atoms with E-state index in [4.69, 9.17) is 5.73 Å². The van der Waals surface area contributed by atoms with Crippen molar-refractivity contribution in [3.8, 4) is 0 Å². The van der Waals surface area contributed by atoms with Crippen molar-refractivity contribution < 1.29 is 0 Å². The predicted molar refractivity (Wildman–Crippen MR) is 46.0 cm³/mol. The van der Waals surface area contributed by atoms with Crippen molar-refractivity contribution in [3.05, 3.63) is 24.0 Å². The maximum Gasteiger partial charge on any atom is 0.0564 e. The summed E-state index contributed by atoms with van der Waals surface area (Å²) in [5, 5.41) is 0. The molecule has 3 heteroatoms. The fourth-order valence-corrected chi connectivity index (χ4v) is 0.907. The molecule has 60 valence electrons. The van der Waals surface area contributed by atoms with Gasteiger partial charge in [0, 0.05) is 18.4 Å². The van der Waals surface area contributed by atoms with E-state index in [1.165, 1.54) is 0 Å². The number of hydrogen-bond acceptors (Lipinski definition) is 3. The summed E-state index contributed by atoms with van der Waals surface area (Å²) in [6.45, 7) is 0.838. The minimum absolute atomic E-state index is 0.775. The molecule has 0 aliphatic carbocycles. The zero-order valence-electron chi connectivity index (χ0n) is 6.91. The van der Waals surface area contributed by atoms with Crippen molar-refractivity contribution in [1.82, 2.24) is 9.88 Å². The molecule has 0 bridgehead atoms. The lowest BCUT2D eigenvalue weighted by molar-refractivity contribution is 0.397. The number of aromatic nitrogens is 1. The molecule has 11 heavy (non-hydrogen) atoms. The predicted octanol–water partition coefficient (Wildman–Crippen LogP) is 0.725. The Hall–Kier alpha value is -1.09. The maximum absolute atomic E-state index is 5.58. The van der Waals surface area contributed by atoms with E-state index in [-0.39, 0.29) is 0 Å². The zero-order valence-corrected chi connectivity index (χ0v) is 6.91. The van der Waals surface area contributed by atoms with Crippen LogP contribution in [0, 0.1) is 0 Å². The van der Waals surface area contributed by atoms with Crippen LogP contribution in [0.4, 0.5) is 5.69 Å². The molecule has 0 aliphatic rings. The van der Waals surface area contributed by atoms with Gasteiger partial charge in [-0.15, -0.1) is 0 Å². The van der Waals surface area contributed by atoms with E-state index in [0.717, 1.165) is 17.9 Å². The topological polar surface area (TPSA) is 42.1 Å². The first kappa shape index (κ1) is 8.01. The Morgan fingerprint density at radius 1 is 1.55 bits per heavy atom. The van der Waals surface area contributed by atoms with Gasteiger partial charge in [0.1, 0.15) is 0 Å². The van der Waals surface area contributed by atoms with E-state index in [1.54, 1.807) is 12.3 Å². The van der Waals surface area contributed by atoms with Gasteiger partial charge >= 0.3 is 0 Å². The van der Waals surface area contributed by atoms with Crippen LogP contribution in [-0.2, 0) is 6.54 Å². The summed E-state index contributed by atoms with van der Waals surface area (Å²) in [6.07, 6.45) is 1.73. The third kappa shape index (κ3) is 2.55. The Labute approximate surface area is 66.8 Å². The number of nitrogens with zero attached hydrogens (tertiary/aromatic N) is 2. The monoisotopic (exact) mass is 151 g/mol. The minimum Gasteiger partial charge on any atom is -0.399 e. The first-order valence-corrected chi connectivity index (χ1v) is 3.53. The summed E-state index contributed by atoms with van der Waals surface area (Å²) in [4.78, 5) is 6.22. The molecule has 0 aliphatic heterocycles. The second-order valence-corrected chi connectivity index (χ2v) is 2.82. The molecule has 0 radical (unpaired) electrons. The Kier molecular flexibility index (Phi) is 2.44. The molecule has 1 aromatic rings. The summed E-state index contributed by atoms with van der Waals surface area (Å²) in [6, 6.07) is 3.68. The van der Waals surface area contributed by atoms with E-state index in [2.05, 4.69) is 9.88 Å². The van der Waals surface area contributed by atoms with Gasteiger partial charge in [0.05, 0.1) is 5.69 Å². The number of anilines is 1. The van der Waals surface area contributed by atoms with Crippen LogP contribution in [0.1, 0.15) is 5.69 Å². The Bertz CT molecular complexity index is 233. The number of nitrogen functional groups attached to an aromatic ring is 1. The molecule has 0 amide bonds. The van der Waals surface area contributed by atoms with Crippen LogP contribution in [0.15, 0.2) is 18.3 Å². The summed E-state index contributed by atoms with van der Waals surface area (Å²) in [5.41, 5.74) is 7.36. The highest BCUT2D eigenvalue weighted by Crippen LogP contribution is 2.03. The number of hydrogen-bond donors (Lipinski definition) is 1. The molecule has 1 aromatic heterocycles. The van der Waals surface area contributed by atoms with Crippen molar-refractivity contribution in [2.75, 3.05) is 19.8 Å². The van der Waals surface area contributed by atoms with Crippen molar-refractivity contribution in [2.45, 2.75) is 6.54 Å². The van der Waals surface area contributed by atoms with Gasteiger partial charge in [0.25, 0.3) is 0 Å². The normalized spacial score (nSPS) is 10.5. The second-order valence-electron chi connectivity index (χ2n) is 2.82. The van der Waals surface area contributed by atoms with Gasteiger partial charge in [0.15, 0.2) is 0 Å². The van der Waals surface area contributed by atoms with Crippen LogP contribution < -0.4 is 5.73 Å². The second kappa shape index (κ2) is 3.34. The molecule has 0 unspecified atom stereocenters. The number of rotatable bonds is 2. The maximum atomic E-state index is 5.58. The highest BCUT2D eigenvalue weighted by Gasteiger charge is 1.95. The van der Waals surface area contributed by atoms with E-state index >= 15 is 0 Å². The number of pyridine rings is 1. The lowest BCUT2D eigenvalue weighted by atomic mass is 10.3. The van der Waals surface area contributed by atoms with Gasteiger partial charge in [-0.25, -0.2) is 0 Å². The first-order chi connectivity index (χ1) is 5.18. The van der Waals surface area contributed by atoms with E-state index < -0.39 is 0 Å². The molecule has 3 nitrogen and oxygen atoms in total. The van der Waals surface area contributed by atoms with Crippen molar-refractivity contribution >= 4 is 5.69 Å². The van der Waals surface area contributed by atoms with Gasteiger partial charge < -0.3 is 10.6 Å². The summed E-state index contributed by atoms with van der Waals surface area (Å²) in [5.74, 6) is 0. The zero-order chi connectivity index (χ0) is 8.27. The lowest BCUT2D eigenvalue weighted by Crippen LogP contribution is -2.11. The lowest BCUT2D eigenvalue weighted by Gasteiger charge is -2.08. The molecule has 0 saturated heterocycles. The van der Waals surface area contributed by atoms with Gasteiger partial charge in [-0.2, -0.15) is 0 Å². The first-order valence-electron chi connectivity index (χ1n) is 3.53. The molecular weight excluding hydrogens is 138 g/mol. The van der Waals surface area contributed by atoms with Crippen LogP contribution in [0.25, 0.3) is 0 Å². The van der Waals surface area contributed by atoms with E-state index in [9.17, 15) is 0 Å². The average molecular weight is 151 g/mol. The molecule has 0 spiro atoms. The Morgan fingerprint density at radius 2 is 2.27 bits per heavy atom. The molecular formula is C8H13N3. The highest BCUT2D eigenvalue weighted by molar-refractivity contribution is 5.37. The molecule has 1 heterocycles. The third-order valence-corrected chi connectivity index (χ3v) is 1.32. The van der Waals surface area contributed by atoms with Crippen molar-refractivity contribution in [2.24, 2.45) is 0 Å². The van der Waals surface area contributed by atoms with Crippen LogP contribution in [0.5, 0.6) is 0 Å². The minimum atomic E-state index is 0.775. The summed E-state index contributed by atoms with van der Waals surface area (Å²) < 4.78 is 0. The smallest absolute Gasteiger partial charge is 0.0564 e. The quantitative estimate of drug-likeness (QED) is 0.677. The van der Waals surface area contributed by atoms with E-state index in [0.29, 0.717) is 0 Å². The molecule has 0 saturated carbocycles. The van der Waals surface area contributed by atoms with E-state index in [1.807, 2.05) is 20.2 Å². The SMILES string of the molecule is CN(C)Cc1cc(N)ccn1. The fraction of sp³-hybridized carbons (Fsp3) is 0.375. The van der Waals surface area contributed by atoms with Crippen molar-refractivity contribution in [1.29, 1.82) is 0 Å². The fourth-order valence-electron chi connectivity index (χ4n) is 0.907. The Morgan fingerprint density at radius 3 is 2.82 bits per heavy atom. The van der Waals surface area contributed by atoms with Crippen LogP contribution in [0.2, 0.25) is 0 Å². The highest BCUT2D eigenvalue weighted by atomic mass is 15.1. The third-order valence-electron chi connectivity index (χ3n) is 1.32. The van der Waals surface area contributed by atoms with Crippen LogP contribution >= 0.6 is 0 Å². The molecule has 0 fully saturated rings. The molecule has 1 rings (SSSR count). The molecule has 0 atom stereocenters. The van der Waals surface area contributed by atoms with Gasteiger partial charge in [0.2, 0.25) is 0 Å². The van der Waals surface area contributed by atoms with Crippen LogP contribution in [-0.4, -0.2) is 24.0 Å². The molecule has 2 N–H and O–H groups in total. The largest absolute Gasteiger partial charge is 0.399 e. The summed E-state index contributed by atoms with van der Waals surface area (Å²) in [7, 11) is 4.01. The number of nitrogens with two attached hydrogens (primary N) is 1. The summed E-state index contributed by atoms with van der Waals surface area (Å²) >= 11 is 0. The van der Waals surface area contributed by atoms with Crippen molar-refractivity contribution in [3.63, 3.8) is 0 Å². The standard InChI is InChI=1S/C8H13N3/c1-11(2)6-8-5-7(9)3-4-10-8/h3-5H,6H2,1-2H3,(H2,9,10). The van der Waals surface area contributed by atoms with Gasteiger partial charge in [-0.1, -0.05) is 0 Å². The van der Waals surface area contributed by atoms with Gasteiger partial charge in [-0.3, -0.25) is 4.98 Å². The average Bonchev–Trinajstić information content (AvgIpc) is 1.85. The van der Waals surface area contributed by atoms with Crippen LogP contribution in [0.3, 0.4) is 0 Å². The molecule has 0 aromatic carbocycles. The Balaban J connectivity index is 2.71.